The summed E-state index contributed by atoms with van der Waals surface area (Å²) in [6.45, 7) is 4.21. The normalized spacial score (nSPS) is 26.3. The van der Waals surface area contributed by atoms with Gasteiger partial charge in [0.05, 0.1) is 0 Å². The lowest BCUT2D eigenvalue weighted by molar-refractivity contribution is -0.166. The van der Waals surface area contributed by atoms with E-state index in [0.29, 0.717) is 5.41 Å². The van der Waals surface area contributed by atoms with E-state index >= 15 is 0 Å². The van der Waals surface area contributed by atoms with E-state index < -0.39 is 0 Å². The van der Waals surface area contributed by atoms with Crippen LogP contribution in [0.1, 0.15) is 37.7 Å². The zero-order valence-electron chi connectivity index (χ0n) is 14.7. The van der Waals surface area contributed by atoms with Crippen molar-refractivity contribution in [2.45, 2.75) is 44.7 Å². The summed E-state index contributed by atoms with van der Waals surface area (Å²) in [5, 5.41) is 0. The Morgan fingerprint density at radius 2 is 2.08 bits per heavy atom. The predicted molar refractivity (Wildman–Crippen MR) is 95.4 cm³/mol. The first-order valence-electron chi connectivity index (χ1n) is 9.59. The van der Waals surface area contributed by atoms with Gasteiger partial charge in [0.1, 0.15) is 12.1 Å². The maximum Gasteiger partial charge on any atom is 0.137 e. The number of hydrogen-bond donors (Lipinski definition) is 0. The van der Waals surface area contributed by atoms with Crippen molar-refractivity contribution in [3.05, 3.63) is 42.6 Å². The second kappa shape index (κ2) is 6.22. The molecule has 2 aromatic rings. The number of imidazole rings is 1. The fourth-order valence-corrected chi connectivity index (χ4v) is 5.23. The van der Waals surface area contributed by atoms with Crippen LogP contribution in [0.5, 0.6) is 0 Å². The van der Waals surface area contributed by atoms with E-state index in [1.165, 1.54) is 44.2 Å². The first-order chi connectivity index (χ1) is 12.3. The summed E-state index contributed by atoms with van der Waals surface area (Å²) in [4.78, 5) is 11.4. The second-order valence-corrected chi connectivity index (χ2v) is 8.01. The number of pyridine rings is 1. The van der Waals surface area contributed by atoms with E-state index in [9.17, 15) is 0 Å². The van der Waals surface area contributed by atoms with Gasteiger partial charge in [-0.1, -0.05) is 12.5 Å². The molecule has 1 spiro atoms. The van der Waals surface area contributed by atoms with E-state index in [0.717, 1.165) is 37.5 Å². The largest absolute Gasteiger partial charge is 0.381 e. The Hall–Kier alpha value is -1.72. The molecule has 2 aromatic heterocycles. The molecule has 0 aromatic carbocycles. The lowest BCUT2D eigenvalue weighted by atomic mass is 9.54. The maximum atomic E-state index is 5.60. The third-order valence-electron chi connectivity index (χ3n) is 6.56. The highest BCUT2D eigenvalue weighted by Crippen LogP contribution is 2.56. The van der Waals surface area contributed by atoms with Crippen LogP contribution in [-0.2, 0) is 11.3 Å². The molecule has 5 heteroatoms. The summed E-state index contributed by atoms with van der Waals surface area (Å²) in [6.07, 6.45) is 14.3. The lowest BCUT2D eigenvalue weighted by Crippen LogP contribution is -2.69. The highest BCUT2D eigenvalue weighted by molar-refractivity contribution is 5.26. The minimum absolute atomic E-state index is 0.631. The molecule has 2 saturated heterocycles. The van der Waals surface area contributed by atoms with Gasteiger partial charge in [0.15, 0.2) is 0 Å². The van der Waals surface area contributed by atoms with Crippen LogP contribution in [0, 0.1) is 11.3 Å². The minimum Gasteiger partial charge on any atom is -0.381 e. The van der Waals surface area contributed by atoms with Crippen molar-refractivity contribution >= 4 is 0 Å². The molecule has 3 aliphatic rings. The Labute approximate surface area is 149 Å². The van der Waals surface area contributed by atoms with Gasteiger partial charge in [0.25, 0.3) is 0 Å². The predicted octanol–water partition coefficient (Wildman–Crippen LogP) is 3.05. The van der Waals surface area contributed by atoms with Gasteiger partial charge in [-0.05, 0) is 48.6 Å². The monoisotopic (exact) mass is 338 g/mol. The first kappa shape index (κ1) is 15.5. The van der Waals surface area contributed by atoms with Crippen molar-refractivity contribution in [3.8, 4) is 5.82 Å². The molecule has 5 rings (SSSR count). The highest BCUT2D eigenvalue weighted by atomic mass is 16.5. The SMILES string of the molecule is c1cn(-c2ccc(CN3CC4(CCC4)C3C3CCOCC3)cn2)cn1. The van der Waals surface area contributed by atoms with E-state index in [-0.39, 0.29) is 0 Å². The standard InChI is InChI=1S/C20H26N4O/c1-6-20(7-1)14-24(19(20)17-4-10-25-11-5-17)13-16-2-3-18(22-12-16)23-9-8-21-15-23/h2-3,8-9,12,15,17,19H,1,4-7,10-11,13-14H2. The fourth-order valence-electron chi connectivity index (χ4n) is 5.23. The number of aromatic nitrogens is 3. The van der Waals surface area contributed by atoms with Gasteiger partial charge in [-0.25, -0.2) is 9.97 Å². The van der Waals surface area contributed by atoms with Crippen LogP contribution in [0.25, 0.3) is 5.82 Å². The molecule has 3 fully saturated rings. The van der Waals surface area contributed by atoms with Crippen LogP contribution in [0.3, 0.4) is 0 Å². The van der Waals surface area contributed by atoms with Crippen LogP contribution in [-0.4, -0.2) is 45.2 Å². The van der Waals surface area contributed by atoms with Crippen LogP contribution >= 0.6 is 0 Å². The molecule has 5 nitrogen and oxygen atoms in total. The summed E-state index contributed by atoms with van der Waals surface area (Å²) < 4.78 is 7.55. The summed E-state index contributed by atoms with van der Waals surface area (Å²) in [6, 6.07) is 5.08. The van der Waals surface area contributed by atoms with Crippen LogP contribution < -0.4 is 0 Å². The molecule has 0 amide bonds. The summed E-state index contributed by atoms with van der Waals surface area (Å²) in [7, 11) is 0. The number of nitrogens with zero attached hydrogens (tertiary/aromatic N) is 4. The van der Waals surface area contributed by atoms with Gasteiger partial charge in [0.2, 0.25) is 0 Å². The average molecular weight is 338 g/mol. The molecule has 2 aliphatic heterocycles. The van der Waals surface area contributed by atoms with Crippen molar-refractivity contribution in [1.82, 2.24) is 19.4 Å². The van der Waals surface area contributed by atoms with Crippen molar-refractivity contribution in [2.75, 3.05) is 19.8 Å². The maximum absolute atomic E-state index is 5.60. The van der Waals surface area contributed by atoms with Crippen molar-refractivity contribution in [1.29, 1.82) is 0 Å². The van der Waals surface area contributed by atoms with Crippen LogP contribution in [0.15, 0.2) is 37.1 Å². The van der Waals surface area contributed by atoms with Gasteiger partial charge in [-0.15, -0.1) is 0 Å². The van der Waals surface area contributed by atoms with E-state index in [1.54, 1.807) is 12.5 Å². The number of ether oxygens (including phenoxy) is 1. The topological polar surface area (TPSA) is 43.2 Å². The molecule has 25 heavy (non-hydrogen) atoms. The van der Waals surface area contributed by atoms with Crippen molar-refractivity contribution in [2.24, 2.45) is 11.3 Å². The Balaban J connectivity index is 1.29. The number of hydrogen-bond acceptors (Lipinski definition) is 4. The van der Waals surface area contributed by atoms with Crippen molar-refractivity contribution in [3.63, 3.8) is 0 Å². The Morgan fingerprint density at radius 1 is 1.20 bits per heavy atom. The lowest BCUT2D eigenvalue weighted by Gasteiger charge is -2.65. The molecule has 0 bridgehead atoms. The molecular weight excluding hydrogens is 312 g/mol. The highest BCUT2D eigenvalue weighted by Gasteiger charge is 2.57. The zero-order chi connectivity index (χ0) is 16.7. The second-order valence-electron chi connectivity index (χ2n) is 8.01. The number of likely N-dealkylation sites (tertiary alicyclic amines) is 1. The molecule has 4 heterocycles. The molecule has 0 radical (unpaired) electrons. The molecule has 132 valence electrons. The van der Waals surface area contributed by atoms with Crippen molar-refractivity contribution < 1.29 is 4.74 Å². The van der Waals surface area contributed by atoms with E-state index in [2.05, 4.69) is 27.0 Å². The number of rotatable bonds is 4. The quantitative estimate of drug-likeness (QED) is 0.859. The molecular formula is C20H26N4O. The van der Waals surface area contributed by atoms with Gasteiger partial charge in [-0.2, -0.15) is 0 Å². The van der Waals surface area contributed by atoms with E-state index in [1.807, 2.05) is 17.0 Å². The first-order valence-corrected chi connectivity index (χ1v) is 9.59. The summed E-state index contributed by atoms with van der Waals surface area (Å²) >= 11 is 0. The third-order valence-corrected chi connectivity index (χ3v) is 6.56. The fraction of sp³-hybridized carbons (Fsp3) is 0.600. The van der Waals surface area contributed by atoms with Gasteiger partial charge in [0, 0.05) is 50.9 Å². The Bertz CT molecular complexity index is 702. The summed E-state index contributed by atoms with van der Waals surface area (Å²) in [5.74, 6) is 1.75. The van der Waals surface area contributed by atoms with Gasteiger partial charge >= 0.3 is 0 Å². The Morgan fingerprint density at radius 3 is 2.72 bits per heavy atom. The summed E-state index contributed by atoms with van der Waals surface area (Å²) in [5.41, 5.74) is 1.95. The minimum atomic E-state index is 0.631. The molecule has 0 N–H and O–H groups in total. The average Bonchev–Trinajstić information content (AvgIpc) is 3.12. The molecule has 1 aliphatic carbocycles. The van der Waals surface area contributed by atoms with Crippen LogP contribution in [0.4, 0.5) is 0 Å². The third kappa shape index (κ3) is 2.70. The Kier molecular flexibility index (Phi) is 3.86. The van der Waals surface area contributed by atoms with E-state index in [4.69, 9.17) is 4.74 Å². The van der Waals surface area contributed by atoms with Crippen LogP contribution in [0.2, 0.25) is 0 Å². The van der Waals surface area contributed by atoms with Gasteiger partial charge < -0.3 is 4.74 Å². The zero-order valence-corrected chi connectivity index (χ0v) is 14.7. The molecule has 1 saturated carbocycles. The molecule has 1 atom stereocenters. The smallest absolute Gasteiger partial charge is 0.137 e. The van der Waals surface area contributed by atoms with Gasteiger partial charge in [-0.3, -0.25) is 9.47 Å². The molecule has 1 unspecified atom stereocenters.